The summed E-state index contributed by atoms with van der Waals surface area (Å²) in [5, 5.41) is 10.8. The molecule has 0 saturated heterocycles. The average molecular weight is 266 g/mol. The van der Waals surface area contributed by atoms with Gasteiger partial charge in [-0.05, 0) is 62.8 Å². The second-order valence-corrected chi connectivity index (χ2v) is 6.28. The summed E-state index contributed by atoms with van der Waals surface area (Å²) in [5.41, 5.74) is -0.732. The van der Waals surface area contributed by atoms with Gasteiger partial charge in [-0.2, -0.15) is 0 Å². The van der Waals surface area contributed by atoms with Crippen molar-refractivity contribution in [1.82, 2.24) is 0 Å². The third-order valence-corrected chi connectivity index (χ3v) is 4.83. The van der Waals surface area contributed by atoms with Crippen LogP contribution in [0.1, 0.15) is 49.7 Å². The number of rotatable bonds is 2. The first kappa shape index (κ1) is 13.0. The van der Waals surface area contributed by atoms with Crippen LogP contribution in [0.25, 0.3) is 0 Å². The van der Waals surface area contributed by atoms with Crippen molar-refractivity contribution in [3.63, 3.8) is 0 Å². The fourth-order valence-electron chi connectivity index (χ4n) is 3.51. The van der Waals surface area contributed by atoms with Crippen LogP contribution in [-0.4, -0.2) is 5.11 Å². The lowest BCUT2D eigenvalue weighted by Gasteiger charge is -2.37. The number of aryl methyl sites for hydroxylation is 1. The quantitative estimate of drug-likeness (QED) is 0.855. The van der Waals surface area contributed by atoms with Crippen molar-refractivity contribution in [2.24, 2.45) is 11.8 Å². The van der Waals surface area contributed by atoms with Gasteiger partial charge in [0.2, 0.25) is 0 Å². The molecule has 0 radical (unpaired) electrons. The fraction of sp³-hybridized carbons (Fsp3) is 0.625. The molecule has 1 aromatic carbocycles. The van der Waals surface area contributed by atoms with Crippen LogP contribution in [0.4, 0.5) is 8.78 Å². The van der Waals surface area contributed by atoms with Crippen molar-refractivity contribution in [2.75, 3.05) is 0 Å². The molecule has 0 amide bonds. The SMILES string of the molecule is Cc1ccc(C2(O)CCCC(C3CC3)C2)c(F)c1F. The summed E-state index contributed by atoms with van der Waals surface area (Å²) < 4.78 is 27.8. The maximum absolute atomic E-state index is 14.1. The summed E-state index contributed by atoms with van der Waals surface area (Å²) in [6, 6.07) is 3.12. The third-order valence-electron chi connectivity index (χ3n) is 4.83. The van der Waals surface area contributed by atoms with E-state index in [4.69, 9.17) is 0 Å². The minimum Gasteiger partial charge on any atom is -0.385 e. The van der Waals surface area contributed by atoms with E-state index < -0.39 is 17.2 Å². The normalized spacial score (nSPS) is 31.5. The zero-order chi connectivity index (χ0) is 13.6. The molecule has 19 heavy (non-hydrogen) atoms. The van der Waals surface area contributed by atoms with E-state index in [1.54, 1.807) is 19.1 Å². The van der Waals surface area contributed by atoms with Gasteiger partial charge in [-0.15, -0.1) is 0 Å². The lowest BCUT2D eigenvalue weighted by Crippen LogP contribution is -2.34. The van der Waals surface area contributed by atoms with Crippen molar-refractivity contribution < 1.29 is 13.9 Å². The average Bonchev–Trinajstić information content (AvgIpc) is 3.20. The van der Waals surface area contributed by atoms with Gasteiger partial charge in [0, 0.05) is 5.56 Å². The van der Waals surface area contributed by atoms with Gasteiger partial charge in [0.15, 0.2) is 11.6 Å². The lowest BCUT2D eigenvalue weighted by atomic mass is 9.72. The van der Waals surface area contributed by atoms with Crippen molar-refractivity contribution in [2.45, 2.75) is 51.0 Å². The zero-order valence-corrected chi connectivity index (χ0v) is 11.3. The number of aliphatic hydroxyl groups is 1. The summed E-state index contributed by atoms with van der Waals surface area (Å²) in [4.78, 5) is 0. The predicted octanol–water partition coefficient (Wildman–Crippen LogP) is 4.06. The van der Waals surface area contributed by atoms with Crippen molar-refractivity contribution >= 4 is 0 Å². The topological polar surface area (TPSA) is 20.2 Å². The molecule has 0 spiro atoms. The highest BCUT2D eigenvalue weighted by atomic mass is 19.2. The van der Waals surface area contributed by atoms with Gasteiger partial charge in [0.05, 0.1) is 5.60 Å². The third kappa shape index (κ3) is 2.29. The molecule has 0 aliphatic heterocycles. The monoisotopic (exact) mass is 266 g/mol. The molecule has 2 unspecified atom stereocenters. The predicted molar refractivity (Wildman–Crippen MR) is 69.7 cm³/mol. The highest BCUT2D eigenvalue weighted by molar-refractivity contribution is 5.30. The molecule has 2 aliphatic rings. The van der Waals surface area contributed by atoms with Crippen LogP contribution in [0.2, 0.25) is 0 Å². The number of hydrogen-bond donors (Lipinski definition) is 1. The summed E-state index contributed by atoms with van der Waals surface area (Å²) in [5.74, 6) is -0.508. The Balaban J connectivity index is 1.93. The molecule has 3 heteroatoms. The second kappa shape index (κ2) is 4.55. The molecule has 2 saturated carbocycles. The molecule has 0 heterocycles. The van der Waals surface area contributed by atoms with Gasteiger partial charge in [-0.3, -0.25) is 0 Å². The standard InChI is InChI=1S/C16H20F2O/c1-10-4-7-13(15(18)14(10)17)16(19)8-2-3-12(9-16)11-5-6-11/h4,7,11-12,19H,2-3,5-6,8-9H2,1H3. The summed E-state index contributed by atoms with van der Waals surface area (Å²) in [7, 11) is 0. The van der Waals surface area contributed by atoms with E-state index >= 15 is 0 Å². The zero-order valence-electron chi connectivity index (χ0n) is 11.3. The van der Waals surface area contributed by atoms with Crippen molar-refractivity contribution in [3.8, 4) is 0 Å². The smallest absolute Gasteiger partial charge is 0.165 e. The Bertz CT molecular complexity index is 496. The molecule has 1 nitrogen and oxygen atoms in total. The number of halogens is 2. The van der Waals surface area contributed by atoms with Crippen LogP contribution in [0, 0.1) is 30.4 Å². The number of benzene rings is 1. The van der Waals surface area contributed by atoms with Gasteiger partial charge in [0.1, 0.15) is 0 Å². The Labute approximate surface area is 112 Å². The summed E-state index contributed by atoms with van der Waals surface area (Å²) in [6.45, 7) is 1.54. The molecule has 1 aromatic rings. The first-order valence-electron chi connectivity index (χ1n) is 7.19. The molecular weight excluding hydrogens is 246 g/mol. The molecule has 1 N–H and O–H groups in total. The first-order chi connectivity index (χ1) is 9.01. The molecule has 104 valence electrons. The maximum atomic E-state index is 14.1. The minimum absolute atomic E-state index is 0.154. The van der Waals surface area contributed by atoms with Gasteiger partial charge < -0.3 is 5.11 Å². The van der Waals surface area contributed by atoms with Crippen molar-refractivity contribution in [1.29, 1.82) is 0 Å². The van der Waals surface area contributed by atoms with E-state index in [0.717, 1.165) is 12.8 Å². The van der Waals surface area contributed by atoms with Gasteiger partial charge in [-0.25, -0.2) is 8.78 Å². The Morgan fingerprint density at radius 3 is 2.53 bits per heavy atom. The second-order valence-electron chi connectivity index (χ2n) is 6.28. The van der Waals surface area contributed by atoms with E-state index in [1.165, 1.54) is 12.8 Å². The van der Waals surface area contributed by atoms with Gasteiger partial charge in [0.25, 0.3) is 0 Å². The van der Waals surface area contributed by atoms with E-state index in [-0.39, 0.29) is 5.56 Å². The van der Waals surface area contributed by atoms with Gasteiger partial charge in [-0.1, -0.05) is 12.1 Å². The van der Waals surface area contributed by atoms with E-state index in [9.17, 15) is 13.9 Å². The van der Waals surface area contributed by atoms with E-state index in [1.807, 2.05) is 0 Å². The Hall–Kier alpha value is -0.960. The molecule has 0 bridgehead atoms. The van der Waals surface area contributed by atoms with Crippen LogP contribution in [0.5, 0.6) is 0 Å². The highest BCUT2D eigenvalue weighted by Crippen LogP contribution is 2.50. The molecule has 2 fully saturated rings. The fourth-order valence-corrected chi connectivity index (χ4v) is 3.51. The van der Waals surface area contributed by atoms with Crippen molar-refractivity contribution in [3.05, 3.63) is 34.9 Å². The van der Waals surface area contributed by atoms with Crippen LogP contribution in [0.3, 0.4) is 0 Å². The maximum Gasteiger partial charge on any atom is 0.165 e. The first-order valence-corrected chi connectivity index (χ1v) is 7.19. The largest absolute Gasteiger partial charge is 0.385 e. The lowest BCUT2D eigenvalue weighted by molar-refractivity contribution is -0.0283. The van der Waals surface area contributed by atoms with Crippen LogP contribution in [0.15, 0.2) is 12.1 Å². The summed E-state index contributed by atoms with van der Waals surface area (Å²) in [6.07, 6.45) is 5.58. The van der Waals surface area contributed by atoms with Crippen LogP contribution in [-0.2, 0) is 5.60 Å². The molecule has 3 rings (SSSR count). The minimum atomic E-state index is -1.18. The van der Waals surface area contributed by atoms with E-state index in [2.05, 4.69) is 0 Å². The number of hydrogen-bond acceptors (Lipinski definition) is 1. The molecule has 2 atom stereocenters. The van der Waals surface area contributed by atoms with E-state index in [0.29, 0.717) is 30.2 Å². The van der Waals surface area contributed by atoms with Crippen LogP contribution >= 0.6 is 0 Å². The molecule has 0 aromatic heterocycles. The Morgan fingerprint density at radius 2 is 1.84 bits per heavy atom. The van der Waals surface area contributed by atoms with Gasteiger partial charge >= 0.3 is 0 Å². The Kier molecular flexibility index (Phi) is 3.12. The molecule has 2 aliphatic carbocycles. The molecular formula is C16H20F2O. The highest BCUT2D eigenvalue weighted by Gasteiger charge is 2.43. The summed E-state index contributed by atoms with van der Waals surface area (Å²) >= 11 is 0. The Morgan fingerprint density at radius 1 is 1.11 bits per heavy atom. The van der Waals surface area contributed by atoms with Crippen LogP contribution < -0.4 is 0 Å².